The van der Waals surface area contributed by atoms with E-state index in [-0.39, 0.29) is 5.56 Å². The summed E-state index contributed by atoms with van der Waals surface area (Å²) in [7, 11) is 0. The number of rotatable bonds is 5. The maximum absolute atomic E-state index is 13.4. The van der Waals surface area contributed by atoms with Gasteiger partial charge < -0.3 is 9.73 Å². The lowest BCUT2D eigenvalue weighted by Crippen LogP contribution is -2.25. The Kier molecular flexibility index (Phi) is 4.67. The van der Waals surface area contributed by atoms with Gasteiger partial charge in [-0.3, -0.25) is 0 Å². The molecule has 1 unspecified atom stereocenters. The minimum Gasteiger partial charge on any atom is -0.467 e. The second-order valence-corrected chi connectivity index (χ2v) is 4.63. The van der Waals surface area contributed by atoms with E-state index in [1.54, 1.807) is 12.1 Å². The molecule has 0 radical (unpaired) electrons. The van der Waals surface area contributed by atoms with Crippen molar-refractivity contribution in [3.63, 3.8) is 0 Å². The van der Waals surface area contributed by atoms with E-state index in [2.05, 4.69) is 5.32 Å². The van der Waals surface area contributed by atoms with Crippen LogP contribution in [0.4, 0.5) is 17.6 Å². The molecule has 0 amide bonds. The zero-order valence-corrected chi connectivity index (χ0v) is 11.4. The number of halogens is 4. The van der Waals surface area contributed by atoms with Crippen molar-refractivity contribution >= 4 is 0 Å². The molecular weight excluding hydrogens is 286 g/mol. The summed E-state index contributed by atoms with van der Waals surface area (Å²) in [6.45, 7) is 2.38. The summed E-state index contributed by atoms with van der Waals surface area (Å²) in [5.41, 5.74) is -1.04. The first kappa shape index (κ1) is 15.6. The molecule has 0 bridgehead atoms. The van der Waals surface area contributed by atoms with Gasteiger partial charge in [0.15, 0.2) is 0 Å². The smallest absolute Gasteiger partial charge is 0.416 e. The average Bonchev–Trinajstić information content (AvgIpc) is 2.92. The minimum absolute atomic E-state index is 0.175. The lowest BCUT2D eigenvalue weighted by Gasteiger charge is -2.21. The Morgan fingerprint density at radius 3 is 2.57 bits per heavy atom. The number of nitrogens with one attached hydrogen (secondary N) is 1. The maximum Gasteiger partial charge on any atom is 0.416 e. The van der Waals surface area contributed by atoms with Gasteiger partial charge in [0.2, 0.25) is 0 Å². The SMILES string of the molecule is CCCNC(c1ccco1)c1cc(F)ccc1C(F)(F)F. The van der Waals surface area contributed by atoms with Crippen LogP contribution in [0.3, 0.4) is 0 Å². The molecule has 114 valence electrons. The number of furan rings is 1. The molecule has 0 aliphatic heterocycles. The third-order valence-electron chi connectivity index (χ3n) is 3.06. The van der Waals surface area contributed by atoms with Gasteiger partial charge in [-0.05, 0) is 48.9 Å². The summed E-state index contributed by atoms with van der Waals surface area (Å²) < 4.78 is 58.0. The largest absolute Gasteiger partial charge is 0.467 e. The standard InChI is InChI=1S/C15H15F4NO/c1-2-7-20-14(13-4-3-8-21-13)11-9-10(16)5-6-12(11)15(17,18)19/h3-6,8-9,14,20H,2,7H2,1H3. The van der Waals surface area contributed by atoms with Crippen molar-refractivity contribution in [3.05, 3.63) is 59.3 Å². The van der Waals surface area contributed by atoms with Crippen LogP contribution >= 0.6 is 0 Å². The number of alkyl halides is 3. The summed E-state index contributed by atoms with van der Waals surface area (Å²) in [5, 5.41) is 2.97. The van der Waals surface area contributed by atoms with Gasteiger partial charge in [-0.1, -0.05) is 6.92 Å². The van der Waals surface area contributed by atoms with Gasteiger partial charge in [0, 0.05) is 0 Å². The fraction of sp³-hybridized carbons (Fsp3) is 0.333. The highest BCUT2D eigenvalue weighted by Gasteiger charge is 2.36. The third-order valence-corrected chi connectivity index (χ3v) is 3.06. The van der Waals surface area contributed by atoms with Crippen LogP contribution in [-0.2, 0) is 6.18 Å². The van der Waals surface area contributed by atoms with Gasteiger partial charge in [0.25, 0.3) is 0 Å². The Labute approximate surface area is 119 Å². The molecule has 6 heteroatoms. The maximum atomic E-state index is 13.4. The number of hydrogen-bond donors (Lipinski definition) is 1. The highest BCUT2D eigenvalue weighted by atomic mass is 19.4. The van der Waals surface area contributed by atoms with E-state index in [1.165, 1.54) is 6.26 Å². The molecule has 2 aromatic rings. The van der Waals surface area contributed by atoms with Crippen molar-refractivity contribution in [3.8, 4) is 0 Å². The van der Waals surface area contributed by atoms with Crippen LogP contribution in [0.25, 0.3) is 0 Å². The Hall–Kier alpha value is -1.82. The van der Waals surface area contributed by atoms with E-state index in [4.69, 9.17) is 4.42 Å². The molecule has 2 rings (SSSR count). The molecule has 0 saturated carbocycles. The molecule has 1 aromatic heterocycles. The zero-order chi connectivity index (χ0) is 15.5. The van der Waals surface area contributed by atoms with Crippen molar-refractivity contribution < 1.29 is 22.0 Å². The van der Waals surface area contributed by atoms with E-state index in [0.29, 0.717) is 12.3 Å². The topological polar surface area (TPSA) is 25.2 Å². The Morgan fingerprint density at radius 2 is 2.00 bits per heavy atom. The lowest BCUT2D eigenvalue weighted by molar-refractivity contribution is -0.138. The summed E-state index contributed by atoms with van der Waals surface area (Å²) in [4.78, 5) is 0. The van der Waals surface area contributed by atoms with E-state index >= 15 is 0 Å². The monoisotopic (exact) mass is 301 g/mol. The molecule has 1 aromatic carbocycles. The number of benzene rings is 1. The number of hydrogen-bond acceptors (Lipinski definition) is 2. The average molecular weight is 301 g/mol. The van der Waals surface area contributed by atoms with Gasteiger partial charge in [0.1, 0.15) is 11.6 Å². The molecule has 0 aliphatic rings. The molecule has 0 spiro atoms. The van der Waals surface area contributed by atoms with Gasteiger partial charge in [0.05, 0.1) is 17.9 Å². The normalized spacial score (nSPS) is 13.4. The van der Waals surface area contributed by atoms with Crippen molar-refractivity contribution in [2.24, 2.45) is 0 Å². The first-order chi connectivity index (χ1) is 9.93. The first-order valence-corrected chi connectivity index (χ1v) is 6.57. The van der Waals surface area contributed by atoms with Crippen molar-refractivity contribution in [2.75, 3.05) is 6.54 Å². The van der Waals surface area contributed by atoms with Crippen LogP contribution in [0.5, 0.6) is 0 Å². The molecule has 21 heavy (non-hydrogen) atoms. The summed E-state index contributed by atoms with van der Waals surface area (Å²) in [6.07, 6.45) is -2.45. The molecule has 0 aliphatic carbocycles. The molecule has 1 N–H and O–H groups in total. The fourth-order valence-corrected chi connectivity index (χ4v) is 2.14. The Morgan fingerprint density at radius 1 is 1.24 bits per heavy atom. The first-order valence-electron chi connectivity index (χ1n) is 6.57. The molecule has 0 saturated heterocycles. The highest BCUT2D eigenvalue weighted by molar-refractivity contribution is 5.37. The molecule has 1 atom stereocenters. The van der Waals surface area contributed by atoms with Crippen LogP contribution in [0.15, 0.2) is 41.0 Å². The lowest BCUT2D eigenvalue weighted by atomic mass is 9.97. The van der Waals surface area contributed by atoms with Crippen molar-refractivity contribution in [2.45, 2.75) is 25.6 Å². The van der Waals surface area contributed by atoms with Crippen molar-refractivity contribution in [1.29, 1.82) is 0 Å². The second kappa shape index (κ2) is 6.30. The van der Waals surface area contributed by atoms with Crippen LogP contribution in [0, 0.1) is 5.82 Å². The second-order valence-electron chi connectivity index (χ2n) is 4.63. The summed E-state index contributed by atoms with van der Waals surface area (Å²) >= 11 is 0. The predicted octanol–water partition coefficient (Wildman–Crippen LogP) is 4.53. The van der Waals surface area contributed by atoms with E-state index in [1.807, 2.05) is 6.92 Å². The van der Waals surface area contributed by atoms with Crippen LogP contribution in [0.1, 0.15) is 36.3 Å². The summed E-state index contributed by atoms with van der Waals surface area (Å²) in [5.74, 6) is -0.396. The van der Waals surface area contributed by atoms with Gasteiger partial charge in [-0.2, -0.15) is 13.2 Å². The molecular formula is C15H15F4NO. The van der Waals surface area contributed by atoms with Crippen LogP contribution in [0.2, 0.25) is 0 Å². The highest BCUT2D eigenvalue weighted by Crippen LogP contribution is 2.37. The van der Waals surface area contributed by atoms with Crippen molar-refractivity contribution in [1.82, 2.24) is 5.32 Å². The van der Waals surface area contributed by atoms with E-state index in [0.717, 1.165) is 24.6 Å². The Balaban J connectivity index is 2.51. The van der Waals surface area contributed by atoms with Gasteiger partial charge in [-0.25, -0.2) is 4.39 Å². The predicted molar refractivity (Wildman–Crippen MR) is 70.2 cm³/mol. The van der Waals surface area contributed by atoms with Gasteiger partial charge in [-0.15, -0.1) is 0 Å². The Bertz CT molecular complexity index is 578. The quantitative estimate of drug-likeness (QED) is 0.821. The van der Waals surface area contributed by atoms with Crippen LogP contribution in [-0.4, -0.2) is 6.54 Å². The van der Waals surface area contributed by atoms with E-state index < -0.39 is 23.6 Å². The molecule has 2 nitrogen and oxygen atoms in total. The zero-order valence-electron chi connectivity index (χ0n) is 11.4. The molecule has 1 heterocycles. The minimum atomic E-state index is -4.55. The van der Waals surface area contributed by atoms with Crippen LogP contribution < -0.4 is 5.32 Å². The fourth-order valence-electron chi connectivity index (χ4n) is 2.14. The van der Waals surface area contributed by atoms with E-state index in [9.17, 15) is 17.6 Å². The third kappa shape index (κ3) is 3.64. The van der Waals surface area contributed by atoms with Gasteiger partial charge >= 0.3 is 6.18 Å². The summed E-state index contributed by atoms with van der Waals surface area (Å²) in [6, 6.07) is 4.78. The molecule has 0 fully saturated rings.